The van der Waals surface area contributed by atoms with Crippen LogP contribution in [0.3, 0.4) is 0 Å². The van der Waals surface area contributed by atoms with Crippen LogP contribution in [0.4, 0.5) is 0 Å². The monoisotopic (exact) mass is 248 g/mol. The number of allylic oxidation sites excluding steroid dienone is 3. The van der Waals surface area contributed by atoms with Gasteiger partial charge in [0.15, 0.2) is 0 Å². The second-order valence-corrected chi connectivity index (χ2v) is 5.35. The molecule has 1 atom stereocenters. The highest BCUT2D eigenvalue weighted by molar-refractivity contribution is 5.93. The normalized spacial score (nSPS) is 29.9. The van der Waals surface area contributed by atoms with E-state index in [4.69, 9.17) is 9.47 Å². The van der Waals surface area contributed by atoms with Crippen LogP contribution in [0.2, 0.25) is 0 Å². The molecule has 3 aliphatic rings. The van der Waals surface area contributed by atoms with E-state index in [9.17, 15) is 9.59 Å². The Morgan fingerprint density at radius 2 is 1.94 bits per heavy atom. The molecule has 4 nitrogen and oxygen atoms in total. The highest BCUT2D eigenvalue weighted by Gasteiger charge is 2.45. The van der Waals surface area contributed by atoms with Crippen LogP contribution >= 0.6 is 0 Å². The van der Waals surface area contributed by atoms with E-state index in [2.05, 4.69) is 13.0 Å². The Morgan fingerprint density at radius 3 is 2.67 bits per heavy atom. The summed E-state index contributed by atoms with van der Waals surface area (Å²) < 4.78 is 10.6. The fourth-order valence-corrected chi connectivity index (χ4v) is 2.97. The molecule has 1 saturated heterocycles. The lowest BCUT2D eigenvalue weighted by Crippen LogP contribution is -2.46. The van der Waals surface area contributed by atoms with Gasteiger partial charge in [-0.2, -0.15) is 0 Å². The van der Waals surface area contributed by atoms with Gasteiger partial charge in [0.2, 0.25) is 0 Å². The molecule has 1 heterocycles. The van der Waals surface area contributed by atoms with Crippen LogP contribution in [-0.2, 0) is 19.1 Å². The maximum Gasteiger partial charge on any atom is 0.320 e. The smallest absolute Gasteiger partial charge is 0.320 e. The number of ether oxygens (including phenoxy) is 2. The molecule has 0 amide bonds. The molecule has 0 aromatic rings. The van der Waals surface area contributed by atoms with Crippen molar-refractivity contribution >= 4 is 11.9 Å². The molecular weight excluding hydrogens is 232 g/mol. The molecule has 3 rings (SSSR count). The van der Waals surface area contributed by atoms with E-state index in [0.29, 0.717) is 12.3 Å². The van der Waals surface area contributed by atoms with E-state index in [-0.39, 0.29) is 6.42 Å². The summed E-state index contributed by atoms with van der Waals surface area (Å²) in [5.41, 5.74) is 2.47. The third kappa shape index (κ3) is 1.96. The van der Waals surface area contributed by atoms with Crippen molar-refractivity contribution < 1.29 is 19.1 Å². The molecule has 18 heavy (non-hydrogen) atoms. The Morgan fingerprint density at radius 1 is 1.22 bits per heavy atom. The third-order valence-corrected chi connectivity index (χ3v) is 3.86. The average molecular weight is 248 g/mol. The van der Waals surface area contributed by atoms with E-state index < -0.39 is 17.7 Å². The van der Waals surface area contributed by atoms with Crippen LogP contribution in [0.15, 0.2) is 23.3 Å². The zero-order valence-corrected chi connectivity index (χ0v) is 10.4. The SMILES string of the molecule is CC1=CC2=CC3(CCC2CC1)OC(=O)CC(=O)O3. The molecular formula is C14H16O4. The predicted octanol–water partition coefficient (Wildman–Crippen LogP) is 2.25. The Bertz CT molecular complexity index is 456. The van der Waals surface area contributed by atoms with Gasteiger partial charge in [-0.3, -0.25) is 9.59 Å². The molecule has 1 unspecified atom stereocenters. The van der Waals surface area contributed by atoms with Crippen LogP contribution in [0.5, 0.6) is 0 Å². The summed E-state index contributed by atoms with van der Waals surface area (Å²) in [4.78, 5) is 22.8. The van der Waals surface area contributed by atoms with Crippen LogP contribution in [0.25, 0.3) is 0 Å². The Hall–Kier alpha value is -1.58. The maximum absolute atomic E-state index is 11.4. The van der Waals surface area contributed by atoms with Crippen LogP contribution < -0.4 is 0 Å². The van der Waals surface area contributed by atoms with Gasteiger partial charge in [-0.05, 0) is 37.7 Å². The number of hydrogen-bond acceptors (Lipinski definition) is 4. The minimum absolute atomic E-state index is 0.275. The predicted molar refractivity (Wildman–Crippen MR) is 63.3 cm³/mol. The highest BCUT2D eigenvalue weighted by atomic mass is 16.7. The average Bonchev–Trinajstić information content (AvgIpc) is 2.26. The summed E-state index contributed by atoms with van der Waals surface area (Å²) in [5.74, 6) is -1.60. The summed E-state index contributed by atoms with van der Waals surface area (Å²) in [6.07, 6.45) is 7.41. The van der Waals surface area contributed by atoms with Gasteiger partial charge in [0.1, 0.15) is 6.42 Å². The molecule has 1 fully saturated rings. The van der Waals surface area contributed by atoms with Gasteiger partial charge in [-0.15, -0.1) is 0 Å². The lowest BCUT2D eigenvalue weighted by atomic mass is 9.77. The minimum atomic E-state index is -1.13. The van der Waals surface area contributed by atoms with Gasteiger partial charge in [0, 0.05) is 12.5 Å². The lowest BCUT2D eigenvalue weighted by molar-refractivity contribution is -0.231. The zero-order valence-electron chi connectivity index (χ0n) is 10.4. The Kier molecular flexibility index (Phi) is 2.54. The summed E-state index contributed by atoms with van der Waals surface area (Å²) in [6, 6.07) is 0. The molecule has 1 spiro atoms. The molecule has 0 aromatic carbocycles. The fraction of sp³-hybridized carbons (Fsp3) is 0.571. The molecule has 0 saturated carbocycles. The van der Waals surface area contributed by atoms with Gasteiger partial charge in [0.25, 0.3) is 5.79 Å². The number of carbonyl (C=O) groups excluding carboxylic acids is 2. The van der Waals surface area contributed by atoms with Crippen molar-refractivity contribution in [2.75, 3.05) is 0 Å². The Balaban J connectivity index is 1.94. The molecule has 1 aliphatic heterocycles. The van der Waals surface area contributed by atoms with Gasteiger partial charge < -0.3 is 9.47 Å². The van der Waals surface area contributed by atoms with Crippen molar-refractivity contribution in [1.82, 2.24) is 0 Å². The largest absolute Gasteiger partial charge is 0.418 e. The second kappa shape index (κ2) is 3.97. The van der Waals surface area contributed by atoms with Crippen LogP contribution in [0.1, 0.15) is 39.0 Å². The van der Waals surface area contributed by atoms with Crippen molar-refractivity contribution in [3.05, 3.63) is 23.3 Å². The number of carbonyl (C=O) groups is 2. The molecule has 0 aromatic heterocycles. The van der Waals surface area contributed by atoms with Crippen molar-refractivity contribution in [3.8, 4) is 0 Å². The van der Waals surface area contributed by atoms with Crippen molar-refractivity contribution in [2.45, 2.75) is 44.8 Å². The molecule has 4 heteroatoms. The first-order valence-electron chi connectivity index (χ1n) is 6.40. The molecule has 0 radical (unpaired) electrons. The topological polar surface area (TPSA) is 52.6 Å². The van der Waals surface area contributed by atoms with Crippen molar-refractivity contribution in [1.29, 1.82) is 0 Å². The summed E-state index contributed by atoms with van der Waals surface area (Å²) in [7, 11) is 0. The molecule has 96 valence electrons. The van der Waals surface area contributed by atoms with Gasteiger partial charge in [-0.25, -0.2) is 0 Å². The zero-order chi connectivity index (χ0) is 12.8. The molecule has 0 N–H and O–H groups in total. The molecule has 0 bridgehead atoms. The summed E-state index contributed by atoms with van der Waals surface area (Å²) in [5, 5.41) is 0. The number of esters is 2. The second-order valence-electron chi connectivity index (χ2n) is 5.35. The van der Waals surface area contributed by atoms with Crippen LogP contribution in [0, 0.1) is 5.92 Å². The first-order chi connectivity index (χ1) is 8.56. The van der Waals surface area contributed by atoms with E-state index in [1.54, 1.807) is 0 Å². The Labute approximate surface area is 106 Å². The summed E-state index contributed by atoms with van der Waals surface area (Å²) >= 11 is 0. The number of rotatable bonds is 0. The van der Waals surface area contributed by atoms with E-state index >= 15 is 0 Å². The summed E-state index contributed by atoms with van der Waals surface area (Å²) in [6.45, 7) is 2.09. The number of fused-ring (bicyclic) bond motifs is 1. The van der Waals surface area contributed by atoms with Gasteiger partial charge in [-0.1, -0.05) is 11.6 Å². The number of hydrogen-bond donors (Lipinski definition) is 0. The van der Waals surface area contributed by atoms with E-state index in [0.717, 1.165) is 24.8 Å². The van der Waals surface area contributed by atoms with Gasteiger partial charge in [0.05, 0.1) is 0 Å². The van der Waals surface area contributed by atoms with Gasteiger partial charge >= 0.3 is 11.9 Å². The standard InChI is InChI=1S/C14H16O4/c1-9-2-3-10-4-5-14(8-11(10)6-9)17-12(15)7-13(16)18-14/h6,8,10H,2-5,7H2,1H3. The van der Waals surface area contributed by atoms with E-state index in [1.165, 1.54) is 5.57 Å². The third-order valence-electron chi connectivity index (χ3n) is 3.86. The quantitative estimate of drug-likeness (QED) is 0.487. The van der Waals surface area contributed by atoms with E-state index in [1.807, 2.05) is 6.08 Å². The van der Waals surface area contributed by atoms with Crippen molar-refractivity contribution in [3.63, 3.8) is 0 Å². The van der Waals surface area contributed by atoms with Crippen molar-refractivity contribution in [2.24, 2.45) is 5.92 Å². The lowest BCUT2D eigenvalue weighted by Gasteiger charge is -2.39. The van der Waals surface area contributed by atoms with Crippen LogP contribution in [-0.4, -0.2) is 17.7 Å². The molecule has 2 aliphatic carbocycles. The highest BCUT2D eigenvalue weighted by Crippen LogP contribution is 2.42. The minimum Gasteiger partial charge on any atom is -0.418 e. The first kappa shape index (κ1) is 11.5. The fourth-order valence-electron chi connectivity index (χ4n) is 2.97. The maximum atomic E-state index is 11.4. The first-order valence-corrected chi connectivity index (χ1v) is 6.40.